The van der Waals surface area contributed by atoms with Crippen molar-refractivity contribution in [2.24, 2.45) is 0 Å². The van der Waals surface area contributed by atoms with Gasteiger partial charge in [-0.25, -0.2) is 9.48 Å². The zero-order valence-corrected chi connectivity index (χ0v) is 11.0. The molecule has 2 N–H and O–H groups in total. The molecule has 0 aliphatic rings. The maximum atomic E-state index is 11.9. The van der Waals surface area contributed by atoms with Crippen LogP contribution in [-0.2, 0) is 11.3 Å². The van der Waals surface area contributed by atoms with E-state index in [9.17, 15) is 9.59 Å². The summed E-state index contributed by atoms with van der Waals surface area (Å²) in [6.07, 6.45) is 1.63. The van der Waals surface area contributed by atoms with E-state index in [2.05, 4.69) is 15.7 Å². The molecule has 2 heterocycles. The summed E-state index contributed by atoms with van der Waals surface area (Å²) in [5, 5.41) is 9.85. The topological polar surface area (TPSA) is 80.4 Å². The van der Waals surface area contributed by atoms with Crippen LogP contribution in [0.1, 0.15) is 6.92 Å². The second-order valence-electron chi connectivity index (χ2n) is 4.36. The summed E-state index contributed by atoms with van der Waals surface area (Å²) in [5.74, 6) is -0.229. The predicted molar refractivity (Wildman–Crippen MR) is 71.0 cm³/mol. The lowest BCUT2D eigenvalue weighted by molar-refractivity contribution is -0.121. The van der Waals surface area contributed by atoms with Gasteiger partial charge in [0.05, 0.1) is 0 Å². The fourth-order valence-corrected chi connectivity index (χ4v) is 1.63. The molecule has 0 bridgehead atoms. The first-order chi connectivity index (χ1) is 9.11. The Labute approximate surface area is 110 Å². The van der Waals surface area contributed by atoms with Crippen LogP contribution in [0.4, 0.5) is 0 Å². The second kappa shape index (κ2) is 5.66. The summed E-state index contributed by atoms with van der Waals surface area (Å²) < 4.78 is 2.57. The van der Waals surface area contributed by atoms with Crippen molar-refractivity contribution < 1.29 is 4.79 Å². The number of hydrogen-bond acceptors (Lipinski definition) is 4. The molecule has 2 rings (SSSR count). The molecular formula is C12H17N5O2. The van der Waals surface area contributed by atoms with Crippen molar-refractivity contribution in [3.8, 4) is 0 Å². The third-order valence-corrected chi connectivity index (χ3v) is 2.88. The van der Waals surface area contributed by atoms with Gasteiger partial charge in [-0.3, -0.25) is 9.20 Å². The minimum Gasteiger partial charge on any atom is -0.353 e. The van der Waals surface area contributed by atoms with Gasteiger partial charge in [-0.05, 0) is 26.1 Å². The van der Waals surface area contributed by atoms with E-state index in [1.165, 1.54) is 4.40 Å². The van der Waals surface area contributed by atoms with Gasteiger partial charge in [0.15, 0.2) is 5.65 Å². The predicted octanol–water partition coefficient (Wildman–Crippen LogP) is -0.780. The second-order valence-corrected chi connectivity index (χ2v) is 4.36. The summed E-state index contributed by atoms with van der Waals surface area (Å²) in [6.45, 7) is 2.39. The first-order valence-electron chi connectivity index (χ1n) is 6.10. The molecule has 7 heteroatoms. The van der Waals surface area contributed by atoms with Crippen LogP contribution in [0.5, 0.6) is 0 Å². The number of nitrogens with zero attached hydrogens (tertiary/aromatic N) is 3. The van der Waals surface area contributed by atoms with Crippen molar-refractivity contribution in [1.29, 1.82) is 0 Å². The molecule has 0 spiro atoms. The van der Waals surface area contributed by atoms with Crippen LogP contribution in [-0.4, -0.2) is 39.7 Å². The maximum Gasteiger partial charge on any atom is 0.350 e. The Morgan fingerprint density at radius 3 is 2.95 bits per heavy atom. The number of aromatic nitrogens is 3. The molecule has 2 aromatic rings. The van der Waals surface area contributed by atoms with Gasteiger partial charge in [0.25, 0.3) is 0 Å². The Hall–Kier alpha value is -2.15. The maximum absolute atomic E-state index is 11.9. The summed E-state index contributed by atoms with van der Waals surface area (Å²) in [5.41, 5.74) is 0.219. The molecule has 1 unspecified atom stereocenters. The average Bonchev–Trinajstić information content (AvgIpc) is 2.73. The van der Waals surface area contributed by atoms with E-state index < -0.39 is 0 Å². The molecule has 2 aromatic heterocycles. The lowest BCUT2D eigenvalue weighted by Crippen LogP contribution is -2.40. The largest absolute Gasteiger partial charge is 0.353 e. The van der Waals surface area contributed by atoms with Crippen molar-refractivity contribution in [1.82, 2.24) is 24.8 Å². The summed E-state index contributed by atoms with van der Waals surface area (Å²) in [6, 6.07) is 5.44. The normalized spacial score (nSPS) is 12.5. The quantitative estimate of drug-likeness (QED) is 0.741. The number of carbonyl (C=O) groups excluding carboxylic acids is 1. The van der Waals surface area contributed by atoms with E-state index in [0.717, 1.165) is 4.68 Å². The van der Waals surface area contributed by atoms with Crippen LogP contribution in [0.25, 0.3) is 5.65 Å². The average molecular weight is 263 g/mol. The molecular weight excluding hydrogens is 246 g/mol. The van der Waals surface area contributed by atoms with Gasteiger partial charge in [0.1, 0.15) is 6.54 Å². The number of nitrogens with one attached hydrogen (secondary N) is 2. The van der Waals surface area contributed by atoms with E-state index in [1.807, 2.05) is 14.0 Å². The fraction of sp³-hybridized carbons (Fsp3) is 0.417. The molecule has 0 saturated heterocycles. The number of likely N-dealkylation sites (N-methyl/N-ethyl adjacent to an activating group) is 1. The van der Waals surface area contributed by atoms with Crippen LogP contribution in [0, 0.1) is 0 Å². The third-order valence-electron chi connectivity index (χ3n) is 2.88. The number of amides is 1. The Morgan fingerprint density at radius 1 is 1.47 bits per heavy atom. The molecule has 0 aromatic carbocycles. The Balaban J connectivity index is 2.07. The first-order valence-corrected chi connectivity index (χ1v) is 6.10. The van der Waals surface area contributed by atoms with Gasteiger partial charge in [0, 0.05) is 18.8 Å². The van der Waals surface area contributed by atoms with Crippen molar-refractivity contribution in [3.05, 3.63) is 34.9 Å². The van der Waals surface area contributed by atoms with E-state index in [0.29, 0.717) is 12.2 Å². The molecule has 7 nitrogen and oxygen atoms in total. The van der Waals surface area contributed by atoms with E-state index >= 15 is 0 Å². The fourth-order valence-electron chi connectivity index (χ4n) is 1.63. The number of fused-ring (bicyclic) bond motifs is 1. The number of pyridine rings is 1. The minimum atomic E-state index is -0.313. The molecule has 0 saturated carbocycles. The van der Waals surface area contributed by atoms with Crippen LogP contribution < -0.4 is 16.3 Å². The van der Waals surface area contributed by atoms with Crippen molar-refractivity contribution in [2.45, 2.75) is 19.5 Å². The standard InChI is InChI=1S/C12H17N5O2/c1-9(13-2)7-14-11(18)8-17-12(19)16-6-4-3-5-10(16)15-17/h3-6,9,13H,7-8H2,1-2H3,(H,14,18). The number of rotatable bonds is 5. The molecule has 0 aliphatic heterocycles. The Kier molecular flexibility index (Phi) is 3.96. The van der Waals surface area contributed by atoms with Gasteiger partial charge in [0.2, 0.25) is 5.91 Å². The lowest BCUT2D eigenvalue weighted by Gasteiger charge is -2.10. The molecule has 0 radical (unpaired) electrons. The highest BCUT2D eigenvalue weighted by molar-refractivity contribution is 5.75. The first kappa shape index (κ1) is 13.3. The third kappa shape index (κ3) is 3.00. The van der Waals surface area contributed by atoms with Gasteiger partial charge in [-0.15, -0.1) is 5.10 Å². The lowest BCUT2D eigenvalue weighted by atomic mass is 10.3. The van der Waals surface area contributed by atoms with Crippen LogP contribution in [0.3, 0.4) is 0 Å². The highest BCUT2D eigenvalue weighted by Gasteiger charge is 2.10. The van der Waals surface area contributed by atoms with Crippen LogP contribution in [0.2, 0.25) is 0 Å². The SMILES string of the molecule is CNC(C)CNC(=O)Cn1nc2ccccn2c1=O. The van der Waals surface area contributed by atoms with E-state index in [1.54, 1.807) is 24.4 Å². The summed E-state index contributed by atoms with van der Waals surface area (Å²) in [4.78, 5) is 23.6. The van der Waals surface area contributed by atoms with Gasteiger partial charge >= 0.3 is 5.69 Å². The molecule has 0 fully saturated rings. The molecule has 1 atom stereocenters. The summed E-state index contributed by atoms with van der Waals surface area (Å²) >= 11 is 0. The van der Waals surface area contributed by atoms with Crippen LogP contribution >= 0.6 is 0 Å². The smallest absolute Gasteiger partial charge is 0.350 e. The van der Waals surface area contributed by atoms with Gasteiger partial charge < -0.3 is 10.6 Å². The molecule has 19 heavy (non-hydrogen) atoms. The molecule has 1 amide bonds. The Morgan fingerprint density at radius 2 is 2.26 bits per heavy atom. The van der Waals surface area contributed by atoms with Crippen molar-refractivity contribution in [3.63, 3.8) is 0 Å². The summed E-state index contributed by atoms with van der Waals surface area (Å²) in [7, 11) is 1.82. The van der Waals surface area contributed by atoms with Crippen LogP contribution in [0.15, 0.2) is 29.2 Å². The highest BCUT2D eigenvalue weighted by atomic mass is 16.2. The zero-order valence-electron chi connectivity index (χ0n) is 11.0. The van der Waals surface area contributed by atoms with E-state index in [-0.39, 0.29) is 24.2 Å². The zero-order chi connectivity index (χ0) is 13.8. The van der Waals surface area contributed by atoms with Crippen molar-refractivity contribution >= 4 is 11.6 Å². The monoisotopic (exact) mass is 263 g/mol. The number of hydrogen-bond donors (Lipinski definition) is 2. The highest BCUT2D eigenvalue weighted by Crippen LogP contribution is 1.94. The number of carbonyl (C=O) groups is 1. The Bertz CT molecular complexity index is 630. The van der Waals surface area contributed by atoms with E-state index in [4.69, 9.17) is 0 Å². The molecule has 0 aliphatic carbocycles. The molecule has 102 valence electrons. The van der Waals surface area contributed by atoms with Crippen molar-refractivity contribution in [2.75, 3.05) is 13.6 Å². The minimum absolute atomic E-state index is 0.0725. The van der Waals surface area contributed by atoms with Gasteiger partial charge in [-0.2, -0.15) is 0 Å². The van der Waals surface area contributed by atoms with Gasteiger partial charge in [-0.1, -0.05) is 6.07 Å².